The van der Waals surface area contributed by atoms with Crippen molar-refractivity contribution in [1.82, 2.24) is 0 Å². The van der Waals surface area contributed by atoms with Crippen molar-refractivity contribution >= 4 is 24.9 Å². The summed E-state index contributed by atoms with van der Waals surface area (Å²) in [6.45, 7) is 4.22. The van der Waals surface area contributed by atoms with Crippen molar-refractivity contribution in [3.63, 3.8) is 0 Å². The minimum absolute atomic E-state index is 0.127. The van der Waals surface area contributed by atoms with Crippen LogP contribution in [0.1, 0.15) is 20.3 Å². The third-order valence-electron chi connectivity index (χ3n) is 1.75. The largest absolute Gasteiger partial charge is 0.466 e. The highest BCUT2D eigenvalue weighted by Gasteiger charge is 2.23. The highest BCUT2D eigenvalue weighted by Crippen LogP contribution is 2.47. The first-order valence-electron chi connectivity index (χ1n) is 5.02. The predicted molar refractivity (Wildman–Crippen MR) is 60.9 cm³/mol. The van der Waals surface area contributed by atoms with Crippen molar-refractivity contribution in [2.45, 2.75) is 20.3 Å². The van der Waals surface area contributed by atoms with Crippen LogP contribution in [0.2, 0.25) is 0 Å². The maximum absolute atomic E-state index is 12.0. The van der Waals surface area contributed by atoms with E-state index in [-0.39, 0.29) is 24.4 Å². The molecule has 0 amide bonds. The van der Waals surface area contributed by atoms with Gasteiger partial charge >= 0.3 is 5.97 Å². The van der Waals surface area contributed by atoms with E-state index in [1.807, 2.05) is 0 Å². The minimum Gasteiger partial charge on any atom is -0.466 e. The third-order valence-corrected chi connectivity index (χ3v) is 4.74. The summed E-state index contributed by atoms with van der Waals surface area (Å²) in [6.07, 6.45) is 0.649. The summed E-state index contributed by atoms with van der Waals surface area (Å²) in [5.41, 5.74) is 0. The second-order valence-corrected chi connectivity index (χ2v) is 6.08. The Bertz CT molecular complexity index is 222. The zero-order chi connectivity index (χ0) is 11.7. The van der Waals surface area contributed by atoms with Gasteiger partial charge in [0.15, 0.2) is 0 Å². The number of rotatable bonds is 8. The molecule has 0 fully saturated rings. The molecule has 15 heavy (non-hydrogen) atoms. The molecular formula is C9H18ClO4P. The van der Waals surface area contributed by atoms with Crippen LogP contribution >= 0.6 is 19.0 Å². The van der Waals surface area contributed by atoms with Crippen LogP contribution in [0.15, 0.2) is 0 Å². The van der Waals surface area contributed by atoms with Gasteiger partial charge in [0.2, 0.25) is 7.37 Å². The Kier molecular flexibility index (Phi) is 8.12. The normalized spacial score (nSPS) is 14.6. The first-order valence-corrected chi connectivity index (χ1v) is 7.55. The second-order valence-electron chi connectivity index (χ2n) is 2.92. The van der Waals surface area contributed by atoms with Gasteiger partial charge in [-0.25, -0.2) is 0 Å². The van der Waals surface area contributed by atoms with Gasteiger partial charge in [0.05, 0.1) is 19.6 Å². The Labute approximate surface area is 95.7 Å². The molecule has 1 atom stereocenters. The zero-order valence-electron chi connectivity index (χ0n) is 9.20. The highest BCUT2D eigenvalue weighted by atomic mass is 35.5. The molecule has 0 aromatic rings. The summed E-state index contributed by atoms with van der Waals surface area (Å²) in [6, 6.07) is 0. The van der Waals surface area contributed by atoms with Gasteiger partial charge in [-0.2, -0.15) is 0 Å². The van der Waals surface area contributed by atoms with Crippen molar-refractivity contribution in [2.24, 2.45) is 0 Å². The lowest BCUT2D eigenvalue weighted by atomic mass is 10.5. The molecule has 0 saturated heterocycles. The lowest BCUT2D eigenvalue weighted by molar-refractivity contribution is -0.142. The molecule has 0 aromatic carbocycles. The Hall–Kier alpha value is -0.0500. The van der Waals surface area contributed by atoms with Crippen molar-refractivity contribution < 1.29 is 18.6 Å². The molecule has 6 heteroatoms. The summed E-state index contributed by atoms with van der Waals surface area (Å²) < 4.78 is 21.9. The number of esters is 1. The smallest absolute Gasteiger partial charge is 0.306 e. The SMILES string of the molecule is CCOC(=O)CCP(=O)(CCCl)OCC. The van der Waals surface area contributed by atoms with Crippen LogP contribution in [0, 0.1) is 0 Å². The van der Waals surface area contributed by atoms with E-state index >= 15 is 0 Å². The predicted octanol–water partition coefficient (Wildman–Crippen LogP) is 2.49. The first-order chi connectivity index (χ1) is 7.08. The molecule has 0 rings (SSSR count). The number of carbonyl (C=O) groups is 1. The summed E-state index contributed by atoms with van der Waals surface area (Å²) in [5, 5.41) is 0. The number of hydrogen-bond donors (Lipinski definition) is 0. The van der Waals surface area contributed by atoms with E-state index in [0.29, 0.717) is 19.4 Å². The average molecular weight is 257 g/mol. The fraction of sp³-hybridized carbons (Fsp3) is 0.889. The molecular weight excluding hydrogens is 239 g/mol. The number of alkyl halides is 1. The lowest BCUT2D eigenvalue weighted by Crippen LogP contribution is -2.09. The minimum atomic E-state index is -2.73. The Morgan fingerprint density at radius 1 is 1.27 bits per heavy atom. The van der Waals surface area contributed by atoms with Gasteiger partial charge in [0.25, 0.3) is 0 Å². The van der Waals surface area contributed by atoms with E-state index in [0.717, 1.165) is 0 Å². The third kappa shape index (κ3) is 6.93. The van der Waals surface area contributed by atoms with Gasteiger partial charge in [0, 0.05) is 18.2 Å². The Morgan fingerprint density at radius 3 is 2.40 bits per heavy atom. The van der Waals surface area contributed by atoms with E-state index in [1.165, 1.54) is 0 Å². The molecule has 0 aliphatic rings. The molecule has 0 aliphatic carbocycles. The highest BCUT2D eigenvalue weighted by molar-refractivity contribution is 7.59. The van der Waals surface area contributed by atoms with Crippen molar-refractivity contribution in [3.05, 3.63) is 0 Å². The fourth-order valence-corrected chi connectivity index (χ4v) is 3.61. The van der Waals surface area contributed by atoms with Crippen LogP contribution in [0.4, 0.5) is 0 Å². The number of halogens is 1. The van der Waals surface area contributed by atoms with Crippen LogP contribution in [-0.2, 0) is 18.6 Å². The van der Waals surface area contributed by atoms with Gasteiger partial charge < -0.3 is 9.26 Å². The summed E-state index contributed by atoms with van der Waals surface area (Å²) in [7, 11) is -2.73. The molecule has 0 radical (unpaired) electrons. The van der Waals surface area contributed by atoms with Gasteiger partial charge in [-0.1, -0.05) is 0 Å². The molecule has 4 nitrogen and oxygen atoms in total. The molecule has 0 aliphatic heterocycles. The van der Waals surface area contributed by atoms with Crippen molar-refractivity contribution in [3.8, 4) is 0 Å². The fourth-order valence-electron chi connectivity index (χ4n) is 1.10. The van der Waals surface area contributed by atoms with Gasteiger partial charge in [-0.3, -0.25) is 9.36 Å². The molecule has 0 heterocycles. The van der Waals surface area contributed by atoms with Crippen molar-refractivity contribution in [2.75, 3.05) is 31.4 Å². The van der Waals surface area contributed by atoms with Crippen LogP contribution in [-0.4, -0.2) is 37.4 Å². The molecule has 0 bridgehead atoms. The van der Waals surface area contributed by atoms with Crippen LogP contribution in [0.25, 0.3) is 0 Å². The second kappa shape index (κ2) is 8.14. The number of ether oxygens (including phenoxy) is 1. The maximum Gasteiger partial charge on any atom is 0.306 e. The Balaban J connectivity index is 4.06. The molecule has 0 aromatic heterocycles. The Morgan fingerprint density at radius 2 is 1.93 bits per heavy atom. The van der Waals surface area contributed by atoms with E-state index < -0.39 is 7.37 Å². The summed E-state index contributed by atoms with van der Waals surface area (Å²) in [5.74, 6) is -0.0629. The van der Waals surface area contributed by atoms with Gasteiger partial charge in [-0.05, 0) is 13.8 Å². The summed E-state index contributed by atoms with van der Waals surface area (Å²) in [4.78, 5) is 11.1. The van der Waals surface area contributed by atoms with E-state index in [2.05, 4.69) is 0 Å². The van der Waals surface area contributed by atoms with Gasteiger partial charge in [0.1, 0.15) is 0 Å². The van der Waals surface area contributed by atoms with E-state index in [1.54, 1.807) is 13.8 Å². The quantitative estimate of drug-likeness (QED) is 0.380. The summed E-state index contributed by atoms with van der Waals surface area (Å²) >= 11 is 5.53. The first kappa shape index (κ1) is 14.9. The topological polar surface area (TPSA) is 52.6 Å². The molecule has 0 N–H and O–H groups in total. The van der Waals surface area contributed by atoms with Crippen LogP contribution in [0.3, 0.4) is 0 Å². The maximum atomic E-state index is 12.0. The molecule has 90 valence electrons. The molecule has 0 saturated carbocycles. The standard InChI is InChI=1S/C9H18ClO4P/c1-3-13-9(11)5-7-15(12,8-6-10)14-4-2/h3-8H2,1-2H3. The molecule has 1 unspecified atom stereocenters. The zero-order valence-corrected chi connectivity index (χ0v) is 10.9. The van der Waals surface area contributed by atoms with Crippen LogP contribution < -0.4 is 0 Å². The lowest BCUT2D eigenvalue weighted by Gasteiger charge is -2.15. The van der Waals surface area contributed by atoms with E-state index in [4.69, 9.17) is 20.9 Å². The molecule has 0 spiro atoms. The number of hydrogen-bond acceptors (Lipinski definition) is 4. The van der Waals surface area contributed by atoms with E-state index in [9.17, 15) is 9.36 Å². The van der Waals surface area contributed by atoms with Gasteiger partial charge in [-0.15, -0.1) is 11.6 Å². The van der Waals surface area contributed by atoms with Crippen molar-refractivity contribution in [1.29, 1.82) is 0 Å². The number of carbonyl (C=O) groups excluding carboxylic acids is 1. The average Bonchev–Trinajstić information content (AvgIpc) is 2.16. The monoisotopic (exact) mass is 256 g/mol. The van der Waals surface area contributed by atoms with Crippen LogP contribution in [0.5, 0.6) is 0 Å².